The normalized spacial score (nSPS) is 13.4. The molecule has 5 aromatic rings. The van der Waals surface area contributed by atoms with E-state index in [1.807, 2.05) is 12.1 Å². The molecular weight excluding hydrogens is 574 g/mol. The maximum atomic E-state index is 14.8. The van der Waals surface area contributed by atoms with E-state index in [0.29, 0.717) is 55.7 Å². The number of hydrogen-bond acceptors (Lipinski definition) is 6. The van der Waals surface area contributed by atoms with Crippen LogP contribution in [0.25, 0.3) is 44.9 Å². The Bertz CT molecular complexity index is 2140. The third-order valence-electron chi connectivity index (χ3n) is 7.19. The second kappa shape index (κ2) is 10.7. The lowest BCUT2D eigenvalue weighted by molar-refractivity contribution is 0.454. The van der Waals surface area contributed by atoms with Gasteiger partial charge in [-0.25, -0.2) is 26.9 Å². The van der Waals surface area contributed by atoms with Crippen molar-refractivity contribution in [2.45, 2.75) is 0 Å². The molecule has 206 valence electrons. The Morgan fingerprint density at radius 2 is 1.42 bits per heavy atom. The minimum atomic E-state index is -1.77. The minimum Gasteiger partial charge on any atom is -0.298 e. The molecule has 6 rings (SSSR count). The van der Waals surface area contributed by atoms with Gasteiger partial charge in [-0.1, -0.05) is 54.6 Å². The molecule has 0 amide bonds. The lowest BCUT2D eigenvalue weighted by atomic mass is 9.82. The van der Waals surface area contributed by atoms with E-state index in [1.54, 1.807) is 42.5 Å². The van der Waals surface area contributed by atoms with Crippen LogP contribution in [0, 0.1) is 51.3 Å². The molecule has 0 saturated carbocycles. The number of benzene rings is 4. The molecular formula is C33H15F4N5S. The van der Waals surface area contributed by atoms with Crippen LogP contribution in [0.3, 0.4) is 0 Å². The van der Waals surface area contributed by atoms with Crippen molar-refractivity contribution in [1.29, 1.82) is 15.9 Å². The molecule has 0 radical (unpaired) electrons. The lowest BCUT2D eigenvalue weighted by Crippen LogP contribution is -2.22. The predicted octanol–water partition coefficient (Wildman–Crippen LogP) is 8.08. The van der Waals surface area contributed by atoms with E-state index in [2.05, 4.69) is 23.3 Å². The van der Waals surface area contributed by atoms with Gasteiger partial charge in [-0.15, -0.1) is 0 Å². The van der Waals surface area contributed by atoms with Gasteiger partial charge < -0.3 is 0 Å². The fraction of sp³-hybridized carbons (Fsp3) is 0. The second-order valence-electron chi connectivity index (χ2n) is 9.54. The summed E-state index contributed by atoms with van der Waals surface area (Å²) in [5, 5.41) is 28.1. The highest BCUT2D eigenvalue weighted by atomic mass is 32.1. The van der Waals surface area contributed by atoms with Crippen molar-refractivity contribution in [2.24, 2.45) is 4.40 Å². The van der Waals surface area contributed by atoms with Crippen molar-refractivity contribution in [3.05, 3.63) is 124 Å². The summed E-state index contributed by atoms with van der Waals surface area (Å²) in [6.45, 7) is 0. The Kier molecular flexibility index (Phi) is 6.85. The molecule has 1 heterocycles. The number of nitrogens with one attached hydrogen (secondary N) is 1. The average molecular weight is 590 g/mol. The summed E-state index contributed by atoms with van der Waals surface area (Å²) >= 11 is 4.15. The van der Waals surface area contributed by atoms with Gasteiger partial charge in [0.05, 0.1) is 34.1 Å². The zero-order valence-corrected chi connectivity index (χ0v) is 22.6. The van der Waals surface area contributed by atoms with E-state index in [0.717, 1.165) is 6.07 Å². The quantitative estimate of drug-likeness (QED) is 0.127. The maximum Gasteiger partial charge on any atom is 0.180 e. The standard InChI is InChI=1S/C33H15F4N5S/c34-27-23(15-39)28(35)30(37)25(29(27)36)17-8-10-18(11-9-17)32-22-13-21(19-5-3-4-16(12-19)14-38)33(42-43)31(40)26(22)20-6-1-2-7-24(20)41-32/h1-13,40,43H. The van der Waals surface area contributed by atoms with Crippen LogP contribution in [0.5, 0.6) is 0 Å². The molecule has 0 spiro atoms. The first-order valence-corrected chi connectivity index (χ1v) is 13.0. The number of thiol groups is 1. The highest BCUT2D eigenvalue weighted by Crippen LogP contribution is 2.39. The van der Waals surface area contributed by atoms with Crippen LogP contribution >= 0.6 is 12.8 Å². The molecule has 4 aromatic carbocycles. The number of nitrogens with zero attached hydrogens (tertiary/aromatic N) is 4. The summed E-state index contributed by atoms with van der Waals surface area (Å²) in [5.74, 6) is -6.90. The molecule has 10 heteroatoms. The molecule has 0 bridgehead atoms. The summed E-state index contributed by atoms with van der Waals surface area (Å²) in [6, 6.07) is 22.9. The van der Waals surface area contributed by atoms with Crippen molar-refractivity contribution < 1.29 is 17.6 Å². The summed E-state index contributed by atoms with van der Waals surface area (Å²) in [5.41, 5.74) is 2.09. The van der Waals surface area contributed by atoms with E-state index >= 15 is 0 Å². The van der Waals surface area contributed by atoms with E-state index in [-0.39, 0.29) is 11.3 Å². The Morgan fingerprint density at radius 1 is 0.744 bits per heavy atom. The first-order valence-electron chi connectivity index (χ1n) is 12.6. The van der Waals surface area contributed by atoms with Gasteiger partial charge in [0.2, 0.25) is 0 Å². The Morgan fingerprint density at radius 3 is 2.07 bits per heavy atom. The van der Waals surface area contributed by atoms with Crippen molar-refractivity contribution in [2.75, 3.05) is 0 Å². The fourth-order valence-corrected chi connectivity index (χ4v) is 5.39. The molecule has 0 fully saturated rings. The molecule has 43 heavy (non-hydrogen) atoms. The van der Waals surface area contributed by atoms with Gasteiger partial charge in [-0.2, -0.15) is 10.5 Å². The van der Waals surface area contributed by atoms with Gasteiger partial charge >= 0.3 is 0 Å². The highest BCUT2D eigenvalue weighted by molar-refractivity contribution is 7.79. The van der Waals surface area contributed by atoms with E-state index in [9.17, 15) is 22.8 Å². The third-order valence-corrected chi connectivity index (χ3v) is 7.39. The van der Waals surface area contributed by atoms with Crippen LogP contribution in [0.4, 0.5) is 17.6 Å². The van der Waals surface area contributed by atoms with Crippen LogP contribution in [0.15, 0.2) is 77.2 Å². The van der Waals surface area contributed by atoms with Crippen molar-refractivity contribution >= 4 is 46.8 Å². The number of rotatable bonds is 3. The number of para-hydroxylation sites is 1. The molecule has 5 nitrogen and oxygen atoms in total. The van der Waals surface area contributed by atoms with Gasteiger partial charge in [-0.3, -0.25) is 5.41 Å². The largest absolute Gasteiger partial charge is 0.298 e. The van der Waals surface area contributed by atoms with Crippen molar-refractivity contribution in [3.63, 3.8) is 0 Å². The number of aromatic nitrogens is 1. The molecule has 0 aliphatic heterocycles. The number of halogens is 4. The number of nitriles is 2. The van der Waals surface area contributed by atoms with E-state index in [4.69, 9.17) is 15.7 Å². The van der Waals surface area contributed by atoms with Crippen LogP contribution in [-0.2, 0) is 0 Å². The summed E-state index contributed by atoms with van der Waals surface area (Å²) in [6.07, 6.45) is 1.80. The third kappa shape index (κ3) is 4.37. The van der Waals surface area contributed by atoms with Crippen LogP contribution in [0.1, 0.15) is 27.8 Å². The van der Waals surface area contributed by atoms with Crippen LogP contribution in [-0.4, -0.2) is 16.4 Å². The molecule has 1 aromatic heterocycles. The lowest BCUT2D eigenvalue weighted by Gasteiger charge is -2.23. The van der Waals surface area contributed by atoms with Crippen molar-refractivity contribution in [3.8, 4) is 34.5 Å². The first-order chi connectivity index (χ1) is 20.8. The Labute approximate surface area is 247 Å². The molecule has 0 atom stereocenters. The number of fused-ring (bicyclic) bond motifs is 3. The van der Waals surface area contributed by atoms with Gasteiger partial charge in [-0.05, 0) is 48.2 Å². The van der Waals surface area contributed by atoms with Gasteiger partial charge in [0.15, 0.2) is 23.3 Å². The monoisotopic (exact) mass is 589 g/mol. The fourth-order valence-electron chi connectivity index (χ4n) is 5.18. The zero-order chi connectivity index (χ0) is 30.4. The van der Waals surface area contributed by atoms with Crippen LogP contribution < -0.4 is 0 Å². The Balaban J connectivity index is 1.59. The summed E-state index contributed by atoms with van der Waals surface area (Å²) in [7, 11) is 0. The smallest absolute Gasteiger partial charge is 0.180 e. The molecule has 1 N–H and O–H groups in total. The molecule has 0 saturated heterocycles. The predicted molar refractivity (Wildman–Crippen MR) is 159 cm³/mol. The zero-order valence-electron chi connectivity index (χ0n) is 21.8. The minimum absolute atomic E-state index is 0.0778. The number of hydrogen-bond donors (Lipinski definition) is 2. The van der Waals surface area contributed by atoms with E-state index < -0.39 is 34.4 Å². The van der Waals surface area contributed by atoms with E-state index in [1.165, 1.54) is 24.3 Å². The van der Waals surface area contributed by atoms with Gasteiger partial charge in [0, 0.05) is 27.6 Å². The first kappa shape index (κ1) is 27.6. The maximum absolute atomic E-state index is 14.8. The second-order valence-corrected chi connectivity index (χ2v) is 9.74. The van der Waals surface area contributed by atoms with Gasteiger partial charge in [0.25, 0.3) is 0 Å². The molecule has 1 aliphatic carbocycles. The molecule has 0 unspecified atom stereocenters. The summed E-state index contributed by atoms with van der Waals surface area (Å²) < 4.78 is 62.3. The highest BCUT2D eigenvalue weighted by Gasteiger charge is 2.30. The number of allylic oxidation sites excluding steroid dienone is 1. The average Bonchev–Trinajstić information content (AvgIpc) is 3.04. The summed E-state index contributed by atoms with van der Waals surface area (Å²) in [4.78, 5) is 4.84. The SMILES string of the molecule is N#Cc1cccc(C2=Cc3c(-c4ccc(-c5c(F)c(F)c(C#N)c(F)c5F)cc4)nc4ccccc4c3C(=N)C2=NS)c1. The topological polar surface area (TPSA) is 96.7 Å². The van der Waals surface area contributed by atoms with Crippen molar-refractivity contribution in [1.82, 2.24) is 4.98 Å². The molecule has 1 aliphatic rings. The Hall–Kier alpha value is -5.58. The number of pyridine rings is 1. The van der Waals surface area contributed by atoms with Crippen LogP contribution in [0.2, 0.25) is 0 Å². The van der Waals surface area contributed by atoms with Gasteiger partial charge in [0.1, 0.15) is 17.3 Å².